The molecule has 0 spiro atoms. The first kappa shape index (κ1) is 12.7. The molecule has 1 aromatic heterocycles. The molecule has 1 fully saturated rings. The monoisotopic (exact) mass is 273 g/mol. The predicted octanol–water partition coefficient (Wildman–Crippen LogP) is 0.900. The van der Waals surface area contributed by atoms with Crippen molar-refractivity contribution in [1.82, 2.24) is 9.99 Å². The van der Waals surface area contributed by atoms with Gasteiger partial charge in [-0.05, 0) is 6.07 Å². The van der Waals surface area contributed by atoms with Gasteiger partial charge >= 0.3 is 0 Å². The van der Waals surface area contributed by atoms with Crippen LogP contribution in [0.1, 0.15) is 5.56 Å². The number of aromatic hydroxyl groups is 1. The number of nitrogens with zero attached hydrogens (tertiary/aromatic N) is 2. The molecular formula is C14H15N3O3. The topological polar surface area (TPSA) is 77.9 Å². The van der Waals surface area contributed by atoms with Crippen molar-refractivity contribution >= 4 is 17.0 Å². The second kappa shape index (κ2) is 5.34. The first-order valence-electron chi connectivity index (χ1n) is 6.46. The summed E-state index contributed by atoms with van der Waals surface area (Å²) in [5, 5.41) is 17.4. The molecule has 0 bridgehead atoms. The van der Waals surface area contributed by atoms with E-state index in [0.29, 0.717) is 29.5 Å². The van der Waals surface area contributed by atoms with Crippen molar-refractivity contribution in [3.8, 4) is 5.88 Å². The molecule has 6 heteroatoms. The average molecular weight is 273 g/mol. The lowest BCUT2D eigenvalue weighted by atomic mass is 10.1. The van der Waals surface area contributed by atoms with Crippen LogP contribution >= 0.6 is 0 Å². The van der Waals surface area contributed by atoms with Gasteiger partial charge in [0, 0.05) is 10.8 Å². The Bertz CT molecular complexity index is 702. The molecule has 0 aliphatic carbocycles. The second-order valence-corrected chi connectivity index (χ2v) is 4.57. The van der Waals surface area contributed by atoms with Crippen LogP contribution in [0.5, 0.6) is 5.88 Å². The summed E-state index contributed by atoms with van der Waals surface area (Å²) in [6.07, 6.45) is 1.58. The minimum atomic E-state index is -0.304. The number of benzene rings is 1. The molecule has 104 valence electrons. The molecule has 1 aliphatic heterocycles. The van der Waals surface area contributed by atoms with Gasteiger partial charge in [0.1, 0.15) is 0 Å². The molecule has 1 aromatic carbocycles. The van der Waals surface area contributed by atoms with Crippen molar-refractivity contribution < 1.29 is 9.84 Å². The normalized spacial score (nSPS) is 16.1. The average Bonchev–Trinajstić information content (AvgIpc) is 2.48. The number of ether oxygens (including phenoxy) is 1. The summed E-state index contributed by atoms with van der Waals surface area (Å²) in [5.74, 6) is -0.161. The van der Waals surface area contributed by atoms with Crippen molar-refractivity contribution in [3.63, 3.8) is 0 Å². The van der Waals surface area contributed by atoms with Gasteiger partial charge in [-0.1, -0.05) is 18.2 Å². The number of rotatable bonds is 2. The van der Waals surface area contributed by atoms with Crippen LogP contribution in [0.3, 0.4) is 0 Å². The fraction of sp³-hybridized carbons (Fsp3) is 0.286. The Morgan fingerprint density at radius 3 is 2.70 bits per heavy atom. The number of nitrogens with one attached hydrogen (secondary N) is 1. The number of hydrogen-bond acceptors (Lipinski definition) is 5. The summed E-state index contributed by atoms with van der Waals surface area (Å²) in [5.41, 5.74) is 0.216. The third-order valence-corrected chi connectivity index (χ3v) is 3.29. The van der Waals surface area contributed by atoms with Gasteiger partial charge in [0.25, 0.3) is 5.56 Å². The number of hydrogen-bond donors (Lipinski definition) is 2. The first-order valence-corrected chi connectivity index (χ1v) is 6.46. The summed E-state index contributed by atoms with van der Waals surface area (Å²) >= 11 is 0. The fourth-order valence-electron chi connectivity index (χ4n) is 2.23. The molecule has 2 heterocycles. The first-order chi connectivity index (χ1) is 9.75. The Morgan fingerprint density at radius 1 is 1.25 bits per heavy atom. The fourth-order valence-corrected chi connectivity index (χ4v) is 2.23. The Labute approximate surface area is 115 Å². The van der Waals surface area contributed by atoms with Gasteiger partial charge in [-0.15, -0.1) is 0 Å². The predicted molar refractivity (Wildman–Crippen MR) is 76.2 cm³/mol. The summed E-state index contributed by atoms with van der Waals surface area (Å²) in [7, 11) is 0. The van der Waals surface area contributed by atoms with E-state index in [1.54, 1.807) is 24.4 Å². The number of pyridine rings is 1. The van der Waals surface area contributed by atoms with E-state index in [1.807, 2.05) is 11.1 Å². The van der Waals surface area contributed by atoms with E-state index in [0.717, 1.165) is 13.1 Å². The Balaban J connectivity index is 2.02. The summed E-state index contributed by atoms with van der Waals surface area (Å²) < 4.78 is 5.25. The molecule has 0 atom stereocenters. The minimum absolute atomic E-state index is 0.161. The molecule has 0 amide bonds. The molecule has 0 radical (unpaired) electrons. The summed E-state index contributed by atoms with van der Waals surface area (Å²) in [4.78, 5) is 14.2. The Hall–Kier alpha value is -2.34. The summed E-state index contributed by atoms with van der Waals surface area (Å²) in [6.45, 7) is 2.74. The zero-order valence-electron chi connectivity index (χ0n) is 10.9. The second-order valence-electron chi connectivity index (χ2n) is 4.57. The lowest BCUT2D eigenvalue weighted by molar-refractivity contribution is 0.0397. The van der Waals surface area contributed by atoms with Crippen LogP contribution in [0.25, 0.3) is 10.8 Å². The van der Waals surface area contributed by atoms with Crippen LogP contribution in [-0.2, 0) is 4.74 Å². The minimum Gasteiger partial charge on any atom is -0.494 e. The molecule has 0 saturated carbocycles. The largest absolute Gasteiger partial charge is 0.494 e. The zero-order chi connectivity index (χ0) is 13.9. The van der Waals surface area contributed by atoms with Crippen LogP contribution in [-0.4, -0.2) is 47.6 Å². The van der Waals surface area contributed by atoms with Gasteiger partial charge in [-0.2, -0.15) is 5.10 Å². The van der Waals surface area contributed by atoms with Crippen LogP contribution in [0, 0.1) is 0 Å². The van der Waals surface area contributed by atoms with Gasteiger partial charge in [-0.3, -0.25) is 14.8 Å². The highest BCUT2D eigenvalue weighted by Gasteiger charge is 2.10. The molecule has 3 rings (SSSR count). The van der Waals surface area contributed by atoms with Crippen molar-refractivity contribution in [2.24, 2.45) is 5.10 Å². The maximum absolute atomic E-state index is 11.8. The molecule has 1 aliphatic rings. The smallest absolute Gasteiger partial charge is 0.258 e. The zero-order valence-corrected chi connectivity index (χ0v) is 10.9. The number of aromatic amines is 1. The maximum Gasteiger partial charge on any atom is 0.258 e. The van der Waals surface area contributed by atoms with E-state index in [2.05, 4.69) is 10.1 Å². The van der Waals surface area contributed by atoms with E-state index in [-0.39, 0.29) is 11.4 Å². The van der Waals surface area contributed by atoms with Gasteiger partial charge in [0.2, 0.25) is 5.88 Å². The molecule has 0 unspecified atom stereocenters. The van der Waals surface area contributed by atoms with Crippen LogP contribution in [0.2, 0.25) is 0 Å². The third kappa shape index (κ3) is 2.37. The van der Waals surface area contributed by atoms with Gasteiger partial charge < -0.3 is 9.84 Å². The lowest BCUT2D eigenvalue weighted by Crippen LogP contribution is -2.32. The Kier molecular flexibility index (Phi) is 3.39. The molecule has 6 nitrogen and oxygen atoms in total. The van der Waals surface area contributed by atoms with Gasteiger partial charge in [0.05, 0.1) is 38.1 Å². The van der Waals surface area contributed by atoms with E-state index in [9.17, 15) is 9.90 Å². The Morgan fingerprint density at radius 2 is 1.95 bits per heavy atom. The number of morpholine rings is 1. The molecule has 2 N–H and O–H groups in total. The van der Waals surface area contributed by atoms with E-state index in [1.165, 1.54) is 0 Å². The standard InChI is InChI=1S/C14H15N3O3/c18-13-11-4-2-1-3-10(11)12(14(19)16-13)9-15-17-5-7-20-8-6-17/h1-4,9H,5-8H2,(H2,16,18,19)/b15-9+. The maximum atomic E-state index is 11.8. The third-order valence-electron chi connectivity index (χ3n) is 3.29. The SMILES string of the molecule is O=c1[nH]c(O)c(/C=N/N2CCOCC2)c2ccccc12. The highest BCUT2D eigenvalue weighted by atomic mass is 16.5. The van der Waals surface area contributed by atoms with Gasteiger partial charge in [0.15, 0.2) is 0 Å². The van der Waals surface area contributed by atoms with Crippen LogP contribution < -0.4 is 5.56 Å². The van der Waals surface area contributed by atoms with Crippen molar-refractivity contribution in [3.05, 3.63) is 40.2 Å². The van der Waals surface area contributed by atoms with Crippen molar-refractivity contribution in [1.29, 1.82) is 0 Å². The van der Waals surface area contributed by atoms with E-state index < -0.39 is 0 Å². The molecule has 20 heavy (non-hydrogen) atoms. The molecule has 1 saturated heterocycles. The molecule has 2 aromatic rings. The highest BCUT2D eigenvalue weighted by molar-refractivity contribution is 6.01. The highest BCUT2D eigenvalue weighted by Crippen LogP contribution is 2.20. The molecular weight excluding hydrogens is 258 g/mol. The van der Waals surface area contributed by atoms with Crippen LogP contribution in [0.15, 0.2) is 34.2 Å². The summed E-state index contributed by atoms with van der Waals surface area (Å²) in [6, 6.07) is 7.13. The number of aromatic nitrogens is 1. The van der Waals surface area contributed by atoms with Crippen molar-refractivity contribution in [2.75, 3.05) is 26.3 Å². The van der Waals surface area contributed by atoms with E-state index in [4.69, 9.17) is 4.74 Å². The number of hydrazone groups is 1. The number of H-pyrrole nitrogens is 1. The quantitative estimate of drug-likeness (QED) is 0.797. The lowest BCUT2D eigenvalue weighted by Gasteiger charge is -2.23. The van der Waals surface area contributed by atoms with Gasteiger partial charge in [-0.25, -0.2) is 0 Å². The van der Waals surface area contributed by atoms with Crippen LogP contribution in [0.4, 0.5) is 0 Å². The van der Waals surface area contributed by atoms with E-state index >= 15 is 0 Å². The number of fused-ring (bicyclic) bond motifs is 1. The van der Waals surface area contributed by atoms with Crippen molar-refractivity contribution in [2.45, 2.75) is 0 Å².